The number of rotatable bonds is 5. The Kier molecular flexibility index (Phi) is 4.65. The van der Waals surface area contributed by atoms with E-state index >= 15 is 0 Å². The molecule has 0 fully saturated rings. The molecule has 1 aromatic carbocycles. The van der Waals surface area contributed by atoms with E-state index in [1.54, 1.807) is 0 Å². The van der Waals surface area contributed by atoms with Gasteiger partial charge in [-0.25, -0.2) is 0 Å². The van der Waals surface area contributed by atoms with Gasteiger partial charge in [0, 0.05) is 0 Å². The van der Waals surface area contributed by atoms with Gasteiger partial charge in [0.15, 0.2) is 6.10 Å². The van der Waals surface area contributed by atoms with Crippen LogP contribution in [0.25, 0.3) is 0 Å². The third kappa shape index (κ3) is 3.61. The summed E-state index contributed by atoms with van der Waals surface area (Å²) in [5.74, 6) is 0.740. The van der Waals surface area contributed by atoms with Crippen LogP contribution in [0, 0.1) is 11.3 Å². The first-order valence-corrected chi connectivity index (χ1v) is 5.15. The summed E-state index contributed by atoms with van der Waals surface area (Å²) in [6.07, 6.45) is 1.21. The lowest BCUT2D eigenvalue weighted by molar-refractivity contribution is 0.252. The molecular weight excluding hydrogens is 188 g/mol. The molecule has 1 atom stereocenters. The van der Waals surface area contributed by atoms with Crippen LogP contribution in [0.3, 0.4) is 0 Å². The topological polar surface area (TPSA) is 59.0 Å². The SMILES string of the molecule is CCC(C#N)Oc1ccc(CCN)cc1. The van der Waals surface area contributed by atoms with Crippen molar-refractivity contribution in [1.82, 2.24) is 0 Å². The van der Waals surface area contributed by atoms with Gasteiger partial charge in [0.1, 0.15) is 11.8 Å². The molecule has 0 aliphatic rings. The first kappa shape index (κ1) is 11.5. The predicted molar refractivity (Wildman–Crippen MR) is 59.5 cm³/mol. The Balaban J connectivity index is 2.60. The quantitative estimate of drug-likeness (QED) is 0.796. The lowest BCUT2D eigenvalue weighted by Gasteiger charge is -2.10. The lowest BCUT2D eigenvalue weighted by atomic mass is 10.1. The van der Waals surface area contributed by atoms with E-state index in [0.29, 0.717) is 13.0 Å². The van der Waals surface area contributed by atoms with Crippen LogP contribution in [-0.4, -0.2) is 12.6 Å². The summed E-state index contributed by atoms with van der Waals surface area (Å²) in [5.41, 5.74) is 6.64. The number of nitrogens with two attached hydrogens (primary N) is 1. The van der Waals surface area contributed by atoms with Crippen molar-refractivity contribution in [2.24, 2.45) is 5.73 Å². The molecule has 2 N–H and O–H groups in total. The van der Waals surface area contributed by atoms with E-state index < -0.39 is 0 Å². The molecule has 80 valence electrons. The Morgan fingerprint density at radius 1 is 1.40 bits per heavy atom. The molecule has 3 nitrogen and oxygen atoms in total. The van der Waals surface area contributed by atoms with E-state index in [0.717, 1.165) is 12.2 Å². The van der Waals surface area contributed by atoms with Gasteiger partial charge in [0.2, 0.25) is 0 Å². The molecule has 0 spiro atoms. The molecular formula is C12H16N2O. The third-order valence-electron chi connectivity index (χ3n) is 2.15. The zero-order chi connectivity index (χ0) is 11.1. The number of ether oxygens (including phenoxy) is 1. The van der Waals surface area contributed by atoms with Crippen molar-refractivity contribution in [3.8, 4) is 11.8 Å². The van der Waals surface area contributed by atoms with Crippen molar-refractivity contribution in [2.75, 3.05) is 6.54 Å². The second kappa shape index (κ2) is 6.05. The molecule has 0 bridgehead atoms. The highest BCUT2D eigenvalue weighted by atomic mass is 16.5. The maximum atomic E-state index is 8.73. The molecule has 0 aromatic heterocycles. The van der Waals surface area contributed by atoms with Crippen molar-refractivity contribution in [3.05, 3.63) is 29.8 Å². The monoisotopic (exact) mass is 204 g/mol. The lowest BCUT2D eigenvalue weighted by Crippen LogP contribution is -2.12. The van der Waals surface area contributed by atoms with Crippen molar-refractivity contribution >= 4 is 0 Å². The van der Waals surface area contributed by atoms with Gasteiger partial charge in [-0.1, -0.05) is 19.1 Å². The molecule has 0 aliphatic heterocycles. The van der Waals surface area contributed by atoms with Crippen LogP contribution in [0.5, 0.6) is 5.75 Å². The molecule has 0 radical (unpaired) electrons. The summed E-state index contributed by atoms with van der Waals surface area (Å²) in [4.78, 5) is 0. The maximum absolute atomic E-state index is 8.73. The minimum Gasteiger partial charge on any atom is -0.476 e. The standard InChI is InChI=1S/C12H16N2O/c1-2-11(9-14)15-12-5-3-10(4-6-12)7-8-13/h3-6,11H,2,7-8,13H2,1H3. The van der Waals surface area contributed by atoms with Crippen LogP contribution in [0.15, 0.2) is 24.3 Å². The summed E-state index contributed by atoms with van der Waals surface area (Å²) in [6.45, 7) is 2.58. The van der Waals surface area contributed by atoms with E-state index in [-0.39, 0.29) is 6.10 Å². The fourth-order valence-corrected chi connectivity index (χ4v) is 1.27. The average Bonchev–Trinajstić information content (AvgIpc) is 2.28. The fraction of sp³-hybridized carbons (Fsp3) is 0.417. The molecule has 0 amide bonds. The van der Waals surface area contributed by atoms with Crippen LogP contribution in [0.4, 0.5) is 0 Å². The van der Waals surface area contributed by atoms with E-state index in [1.165, 1.54) is 5.56 Å². The molecule has 0 heterocycles. The summed E-state index contributed by atoms with van der Waals surface area (Å²) in [7, 11) is 0. The highest BCUT2D eigenvalue weighted by Gasteiger charge is 2.05. The van der Waals surface area contributed by atoms with Gasteiger partial charge in [-0.3, -0.25) is 0 Å². The number of nitrogens with zero attached hydrogens (tertiary/aromatic N) is 1. The fourth-order valence-electron chi connectivity index (χ4n) is 1.27. The highest BCUT2D eigenvalue weighted by molar-refractivity contribution is 5.28. The number of benzene rings is 1. The van der Waals surface area contributed by atoms with E-state index in [4.69, 9.17) is 15.7 Å². The van der Waals surface area contributed by atoms with Crippen molar-refractivity contribution in [3.63, 3.8) is 0 Å². The van der Waals surface area contributed by atoms with Gasteiger partial charge in [0.05, 0.1) is 0 Å². The van der Waals surface area contributed by atoms with Crippen LogP contribution in [-0.2, 0) is 6.42 Å². The van der Waals surface area contributed by atoms with Crippen LogP contribution in [0.1, 0.15) is 18.9 Å². The minimum absolute atomic E-state index is 0.356. The number of hydrogen-bond acceptors (Lipinski definition) is 3. The molecule has 3 heteroatoms. The minimum atomic E-state index is -0.356. The van der Waals surface area contributed by atoms with E-state index in [1.807, 2.05) is 31.2 Å². The maximum Gasteiger partial charge on any atom is 0.184 e. The normalized spacial score (nSPS) is 11.8. The number of hydrogen-bond donors (Lipinski definition) is 1. The Bertz CT molecular complexity index is 326. The Morgan fingerprint density at radius 3 is 2.53 bits per heavy atom. The first-order valence-electron chi connectivity index (χ1n) is 5.15. The van der Waals surface area contributed by atoms with Crippen LogP contribution < -0.4 is 10.5 Å². The van der Waals surface area contributed by atoms with Gasteiger partial charge in [-0.2, -0.15) is 5.26 Å². The third-order valence-corrected chi connectivity index (χ3v) is 2.15. The predicted octanol–water partition coefficient (Wildman–Crippen LogP) is 1.87. The molecule has 15 heavy (non-hydrogen) atoms. The smallest absolute Gasteiger partial charge is 0.184 e. The van der Waals surface area contributed by atoms with Gasteiger partial charge in [0.25, 0.3) is 0 Å². The molecule has 0 aliphatic carbocycles. The molecule has 1 rings (SSSR count). The van der Waals surface area contributed by atoms with E-state index in [9.17, 15) is 0 Å². The van der Waals surface area contributed by atoms with Gasteiger partial charge < -0.3 is 10.5 Å². The average molecular weight is 204 g/mol. The Labute approximate surface area is 90.5 Å². The van der Waals surface area contributed by atoms with Crippen LogP contribution >= 0.6 is 0 Å². The van der Waals surface area contributed by atoms with Gasteiger partial charge >= 0.3 is 0 Å². The molecule has 1 unspecified atom stereocenters. The Hall–Kier alpha value is -1.53. The summed E-state index contributed by atoms with van der Waals surface area (Å²) >= 11 is 0. The summed E-state index contributed by atoms with van der Waals surface area (Å²) in [6, 6.07) is 9.81. The highest BCUT2D eigenvalue weighted by Crippen LogP contribution is 2.14. The second-order valence-electron chi connectivity index (χ2n) is 3.33. The number of nitriles is 1. The summed E-state index contributed by atoms with van der Waals surface area (Å²) < 4.78 is 5.45. The first-order chi connectivity index (χ1) is 7.30. The Morgan fingerprint density at radius 2 is 2.07 bits per heavy atom. The molecule has 0 saturated carbocycles. The summed E-state index contributed by atoms with van der Waals surface area (Å²) in [5, 5.41) is 8.73. The molecule has 0 saturated heterocycles. The zero-order valence-corrected chi connectivity index (χ0v) is 8.94. The zero-order valence-electron chi connectivity index (χ0n) is 8.94. The van der Waals surface area contributed by atoms with Crippen molar-refractivity contribution < 1.29 is 4.74 Å². The van der Waals surface area contributed by atoms with Gasteiger partial charge in [-0.05, 0) is 37.1 Å². The van der Waals surface area contributed by atoms with Gasteiger partial charge in [-0.15, -0.1) is 0 Å². The van der Waals surface area contributed by atoms with Crippen molar-refractivity contribution in [2.45, 2.75) is 25.9 Å². The van der Waals surface area contributed by atoms with Crippen LogP contribution in [0.2, 0.25) is 0 Å². The second-order valence-corrected chi connectivity index (χ2v) is 3.33. The largest absolute Gasteiger partial charge is 0.476 e. The van der Waals surface area contributed by atoms with E-state index in [2.05, 4.69) is 6.07 Å². The molecule has 1 aromatic rings. The van der Waals surface area contributed by atoms with Crippen molar-refractivity contribution in [1.29, 1.82) is 5.26 Å².